The Balaban J connectivity index is 1.53. The van der Waals surface area contributed by atoms with Crippen LogP contribution in [0.1, 0.15) is 40.5 Å². The van der Waals surface area contributed by atoms with E-state index in [0.717, 1.165) is 16.4 Å². The molecule has 10 nitrogen and oxygen atoms in total. The zero-order valence-corrected chi connectivity index (χ0v) is 28.1. The van der Waals surface area contributed by atoms with Crippen molar-refractivity contribution in [2.75, 3.05) is 36.2 Å². The van der Waals surface area contributed by atoms with Gasteiger partial charge in [-0.2, -0.15) is 4.31 Å². The second kappa shape index (κ2) is 12.7. The molecule has 2 atom stereocenters. The molecule has 1 saturated heterocycles. The predicted molar refractivity (Wildman–Crippen MR) is 177 cm³/mol. The maximum atomic E-state index is 15.1. The number of benzene rings is 3. The van der Waals surface area contributed by atoms with Gasteiger partial charge in [-0.1, -0.05) is 59.6 Å². The molecule has 0 spiro atoms. The molecule has 3 heterocycles. The summed E-state index contributed by atoms with van der Waals surface area (Å²) in [4.78, 5) is 29.1. The van der Waals surface area contributed by atoms with Crippen molar-refractivity contribution in [1.29, 1.82) is 0 Å². The number of piperazine rings is 1. The Morgan fingerprint density at radius 2 is 1.34 bits per heavy atom. The number of hydrogen-bond acceptors (Lipinski definition) is 6. The molecule has 47 heavy (non-hydrogen) atoms. The Morgan fingerprint density at radius 3 is 1.89 bits per heavy atom. The number of carbonyl (C=O) groups is 1. The maximum Gasteiger partial charge on any atom is 0.269 e. The third-order valence-electron chi connectivity index (χ3n) is 8.46. The highest BCUT2D eigenvalue weighted by atomic mass is 35.5. The van der Waals surface area contributed by atoms with Crippen molar-refractivity contribution < 1.29 is 26.0 Å². The van der Waals surface area contributed by atoms with Crippen molar-refractivity contribution in [3.8, 4) is 0 Å². The molecule has 246 valence electrons. The average Bonchev–Trinajstić information content (AvgIpc) is 3.42. The molecule has 2 aliphatic heterocycles. The second-order valence-corrected chi connectivity index (χ2v) is 16.0. The van der Waals surface area contributed by atoms with Gasteiger partial charge in [0.25, 0.3) is 21.5 Å². The van der Waals surface area contributed by atoms with Crippen LogP contribution in [0.5, 0.6) is 0 Å². The lowest BCUT2D eigenvalue weighted by molar-refractivity contribution is 0.0695. The van der Waals surface area contributed by atoms with E-state index in [9.17, 15) is 26.4 Å². The number of anilines is 1. The van der Waals surface area contributed by atoms with Crippen LogP contribution in [-0.4, -0.2) is 68.4 Å². The first-order valence-electron chi connectivity index (χ1n) is 14.7. The van der Waals surface area contributed by atoms with E-state index in [1.54, 1.807) is 55.5 Å². The molecule has 0 saturated carbocycles. The van der Waals surface area contributed by atoms with Crippen LogP contribution in [0, 0.1) is 5.82 Å². The highest BCUT2D eigenvalue weighted by Crippen LogP contribution is 2.49. The minimum absolute atomic E-state index is 0.0692. The molecular weight excluding hydrogens is 690 g/mol. The number of nitrogens with zero attached hydrogens (tertiary/aromatic N) is 4. The molecule has 15 heteroatoms. The summed E-state index contributed by atoms with van der Waals surface area (Å²) in [6, 6.07) is 18.4. The van der Waals surface area contributed by atoms with Crippen LogP contribution in [-0.2, 0) is 20.0 Å². The Hall–Kier alpha value is -3.75. The molecule has 0 bridgehead atoms. The summed E-state index contributed by atoms with van der Waals surface area (Å²) in [5.41, 5.74) is -0.0221. The number of pyridine rings is 1. The minimum atomic E-state index is -4.65. The van der Waals surface area contributed by atoms with Gasteiger partial charge in [0.05, 0.1) is 17.8 Å². The summed E-state index contributed by atoms with van der Waals surface area (Å²) in [5.74, 6) is -1.73. The summed E-state index contributed by atoms with van der Waals surface area (Å²) in [7, 11) is -8.10. The van der Waals surface area contributed by atoms with Gasteiger partial charge in [-0.05, 0) is 66.6 Å². The van der Waals surface area contributed by atoms with Crippen molar-refractivity contribution >= 4 is 55.0 Å². The number of fused-ring (bicyclic) bond motifs is 1. The zero-order chi connectivity index (χ0) is 33.7. The third kappa shape index (κ3) is 5.95. The molecule has 0 aliphatic carbocycles. The van der Waals surface area contributed by atoms with Crippen molar-refractivity contribution in [2.45, 2.75) is 23.9 Å². The molecule has 2 aliphatic rings. The van der Waals surface area contributed by atoms with E-state index in [4.69, 9.17) is 23.2 Å². The summed E-state index contributed by atoms with van der Waals surface area (Å²) >= 11 is 12.4. The lowest BCUT2D eigenvalue weighted by atomic mass is 9.94. The summed E-state index contributed by atoms with van der Waals surface area (Å²) in [6.07, 6.45) is 0. The molecule has 1 fully saturated rings. The zero-order valence-electron chi connectivity index (χ0n) is 25.0. The van der Waals surface area contributed by atoms with Gasteiger partial charge in [0, 0.05) is 36.2 Å². The number of rotatable bonds is 7. The fourth-order valence-corrected chi connectivity index (χ4v) is 9.14. The molecule has 0 N–H and O–H groups in total. The number of amides is 1. The smallest absolute Gasteiger partial charge is 0.269 e. The maximum absolute atomic E-state index is 15.1. The molecule has 0 radical (unpaired) electrons. The topological polar surface area (TPSA) is 117 Å². The summed E-state index contributed by atoms with van der Waals surface area (Å²) < 4.78 is 72.2. The van der Waals surface area contributed by atoms with E-state index < -0.39 is 54.3 Å². The van der Waals surface area contributed by atoms with Crippen LogP contribution in [0.25, 0.3) is 0 Å². The standard InChI is InChI=1S/C32H29Cl2FN4O6S2/c1-2-46(42,43)37-19-17-36(18-20-37)31(40)25-15-16-28-38(32(25)41)29(21-7-11-23(33)12-8-21)30(22-9-13-24(34)14-10-22)39(28)47(44,45)27-6-4-3-5-26(27)35/h3-16,29-30H,2,17-20H2,1H3/t29-,30+/m0/s1. The van der Waals surface area contributed by atoms with Gasteiger partial charge >= 0.3 is 0 Å². The highest BCUT2D eigenvalue weighted by Gasteiger charge is 2.48. The number of sulfonamides is 2. The van der Waals surface area contributed by atoms with E-state index in [1.165, 1.54) is 38.0 Å². The number of aromatic nitrogens is 1. The number of carbonyl (C=O) groups excluding carboxylic acids is 1. The van der Waals surface area contributed by atoms with Crippen molar-refractivity contribution in [2.24, 2.45) is 0 Å². The lowest BCUT2D eigenvalue weighted by Gasteiger charge is -2.33. The quantitative estimate of drug-likeness (QED) is 0.267. The van der Waals surface area contributed by atoms with Crippen molar-refractivity contribution in [3.05, 3.63) is 128 Å². The van der Waals surface area contributed by atoms with Crippen molar-refractivity contribution in [3.63, 3.8) is 0 Å². The SMILES string of the molecule is CCS(=O)(=O)N1CCN(C(=O)c2ccc3n(c2=O)[C@@H](c2ccc(Cl)cc2)[C@@H](c2ccc(Cl)cc2)N3S(=O)(=O)c2ccccc2F)CC1. The molecule has 3 aromatic carbocycles. The monoisotopic (exact) mass is 718 g/mol. The van der Waals surface area contributed by atoms with Crippen molar-refractivity contribution in [1.82, 2.24) is 13.8 Å². The first kappa shape index (κ1) is 33.2. The molecule has 1 amide bonds. The number of halogens is 3. The molecule has 0 unspecified atom stereocenters. The van der Waals surface area contributed by atoms with Crippen LogP contribution in [0.4, 0.5) is 10.2 Å². The van der Waals surface area contributed by atoms with Gasteiger partial charge in [-0.15, -0.1) is 0 Å². The summed E-state index contributed by atoms with van der Waals surface area (Å²) in [6.45, 7) is 1.84. The van der Waals surface area contributed by atoms with E-state index in [2.05, 4.69) is 0 Å². The van der Waals surface area contributed by atoms with Gasteiger partial charge in [0.1, 0.15) is 22.1 Å². The van der Waals surface area contributed by atoms with Crippen LogP contribution in [0.2, 0.25) is 10.0 Å². The Kier molecular flexibility index (Phi) is 8.96. The van der Waals surface area contributed by atoms with Crippen LogP contribution < -0.4 is 9.86 Å². The number of hydrogen-bond donors (Lipinski definition) is 0. The Morgan fingerprint density at radius 1 is 0.787 bits per heavy atom. The van der Waals surface area contributed by atoms with Crippen LogP contribution in [0.15, 0.2) is 94.6 Å². The van der Waals surface area contributed by atoms with Gasteiger partial charge in [0.2, 0.25) is 10.0 Å². The average molecular weight is 720 g/mol. The molecule has 4 aromatic rings. The van der Waals surface area contributed by atoms with Gasteiger partial charge < -0.3 is 4.90 Å². The van der Waals surface area contributed by atoms with Gasteiger partial charge in [0.15, 0.2) is 0 Å². The highest BCUT2D eigenvalue weighted by molar-refractivity contribution is 7.92. The van der Waals surface area contributed by atoms with E-state index >= 15 is 4.39 Å². The first-order chi connectivity index (χ1) is 22.3. The molecule has 1 aromatic heterocycles. The van der Waals surface area contributed by atoms with Crippen LogP contribution in [0.3, 0.4) is 0 Å². The van der Waals surface area contributed by atoms with Gasteiger partial charge in [-0.3, -0.25) is 14.2 Å². The minimum Gasteiger partial charge on any atom is -0.336 e. The molecular formula is C32H29Cl2FN4O6S2. The van der Waals surface area contributed by atoms with Gasteiger partial charge in [-0.25, -0.2) is 25.5 Å². The Labute approximate surface area is 281 Å². The lowest BCUT2D eigenvalue weighted by Crippen LogP contribution is -2.51. The largest absolute Gasteiger partial charge is 0.336 e. The summed E-state index contributed by atoms with van der Waals surface area (Å²) in [5, 5.41) is 0.805. The Bertz CT molecular complexity index is 2120. The normalized spacial score (nSPS) is 18.7. The van der Waals surface area contributed by atoms with E-state index in [1.807, 2.05) is 0 Å². The van der Waals surface area contributed by atoms with E-state index in [-0.39, 0.29) is 43.3 Å². The second-order valence-electron chi connectivity index (χ2n) is 11.1. The third-order valence-corrected chi connectivity index (χ3v) is 12.7. The fraction of sp³-hybridized carbons (Fsp3) is 0.250. The first-order valence-corrected chi connectivity index (χ1v) is 18.5. The van der Waals surface area contributed by atoms with E-state index in [0.29, 0.717) is 21.2 Å². The predicted octanol–water partition coefficient (Wildman–Crippen LogP) is 4.94. The molecule has 6 rings (SSSR count). The fourth-order valence-electron chi connectivity index (χ4n) is 6.09. The van der Waals surface area contributed by atoms with Crippen LogP contribution >= 0.6 is 23.2 Å².